The number of rotatable bonds is 4. The molecule has 3 rings (SSSR count). The summed E-state index contributed by atoms with van der Waals surface area (Å²) in [4.78, 5) is 4.18. The molecule has 0 spiro atoms. The van der Waals surface area contributed by atoms with E-state index < -0.39 is 10.0 Å². The summed E-state index contributed by atoms with van der Waals surface area (Å²) in [7, 11) is -0.722. The highest BCUT2D eigenvalue weighted by molar-refractivity contribution is 7.89. The van der Waals surface area contributed by atoms with Crippen LogP contribution in [0, 0.1) is 6.92 Å². The zero-order valence-corrected chi connectivity index (χ0v) is 14.8. The van der Waals surface area contributed by atoms with Crippen LogP contribution in [0.25, 0.3) is 16.6 Å². The van der Waals surface area contributed by atoms with E-state index in [1.54, 1.807) is 23.0 Å². The summed E-state index contributed by atoms with van der Waals surface area (Å²) in [5.41, 5.74) is 1.96. The lowest BCUT2D eigenvalue weighted by atomic mass is 10.2. The predicted molar refractivity (Wildman–Crippen MR) is 91.4 cm³/mol. The summed E-state index contributed by atoms with van der Waals surface area (Å²) in [6.45, 7) is 1.84. The third-order valence-corrected chi connectivity index (χ3v) is 5.29. The molecule has 24 heavy (non-hydrogen) atoms. The number of hydrogen-bond acceptors (Lipinski definition) is 5. The van der Waals surface area contributed by atoms with Crippen LogP contribution in [0.1, 0.15) is 5.69 Å². The molecule has 126 valence electrons. The Morgan fingerprint density at radius 1 is 1.29 bits per heavy atom. The topological polar surface area (TPSA) is 86.1 Å². The number of nitrogens with zero attached hydrogens (tertiary/aromatic N) is 3. The van der Waals surface area contributed by atoms with E-state index in [2.05, 4.69) is 14.8 Å². The van der Waals surface area contributed by atoms with Crippen molar-refractivity contribution < 1.29 is 13.2 Å². The van der Waals surface area contributed by atoms with Crippen molar-refractivity contribution in [3.05, 3.63) is 41.3 Å². The van der Waals surface area contributed by atoms with E-state index in [0.717, 1.165) is 11.1 Å². The zero-order valence-electron chi connectivity index (χ0n) is 13.2. The Labute approximate surface area is 144 Å². The summed E-state index contributed by atoms with van der Waals surface area (Å²) in [6, 6.07) is 6.24. The first-order valence-corrected chi connectivity index (χ1v) is 8.86. The fraction of sp³-hybridized carbons (Fsp3) is 0.200. The number of hydrogen-bond donors (Lipinski definition) is 1. The Morgan fingerprint density at radius 2 is 2.04 bits per heavy atom. The second-order valence-corrected chi connectivity index (χ2v) is 7.34. The molecule has 0 radical (unpaired) electrons. The highest BCUT2D eigenvalue weighted by atomic mass is 35.5. The van der Waals surface area contributed by atoms with Crippen LogP contribution in [-0.4, -0.2) is 37.3 Å². The fourth-order valence-corrected chi connectivity index (χ4v) is 3.34. The molecule has 1 aromatic carbocycles. The maximum Gasteiger partial charge on any atom is 0.240 e. The van der Waals surface area contributed by atoms with Crippen molar-refractivity contribution in [1.82, 2.24) is 19.5 Å². The molecule has 7 nitrogen and oxygen atoms in total. The van der Waals surface area contributed by atoms with Crippen LogP contribution < -0.4 is 9.46 Å². The number of aromatic nitrogens is 3. The summed E-state index contributed by atoms with van der Waals surface area (Å²) >= 11 is 6.00. The number of nitrogens with one attached hydrogen (secondary N) is 1. The quantitative estimate of drug-likeness (QED) is 0.716. The van der Waals surface area contributed by atoms with Gasteiger partial charge >= 0.3 is 0 Å². The van der Waals surface area contributed by atoms with Crippen LogP contribution >= 0.6 is 11.6 Å². The molecule has 0 saturated heterocycles. The highest BCUT2D eigenvalue weighted by Crippen LogP contribution is 2.30. The van der Waals surface area contributed by atoms with Gasteiger partial charge in [0.05, 0.1) is 23.2 Å². The van der Waals surface area contributed by atoms with Crippen molar-refractivity contribution in [3.8, 4) is 11.4 Å². The van der Waals surface area contributed by atoms with E-state index in [-0.39, 0.29) is 4.90 Å². The van der Waals surface area contributed by atoms with Crippen LogP contribution in [-0.2, 0) is 10.0 Å². The van der Waals surface area contributed by atoms with Gasteiger partial charge in [-0.15, -0.1) is 0 Å². The van der Waals surface area contributed by atoms with E-state index in [1.165, 1.54) is 26.3 Å². The first-order chi connectivity index (χ1) is 11.4. The number of methoxy groups -OCH3 is 1. The van der Waals surface area contributed by atoms with Gasteiger partial charge in [-0.25, -0.2) is 22.8 Å². The zero-order chi connectivity index (χ0) is 17.5. The normalized spacial score (nSPS) is 11.8. The summed E-state index contributed by atoms with van der Waals surface area (Å²) in [6.07, 6.45) is 1.64. The second kappa shape index (κ2) is 6.04. The first-order valence-electron chi connectivity index (χ1n) is 7.00. The van der Waals surface area contributed by atoms with Crippen molar-refractivity contribution in [2.45, 2.75) is 11.8 Å². The van der Waals surface area contributed by atoms with E-state index in [1.807, 2.05) is 6.92 Å². The molecule has 0 amide bonds. The maximum absolute atomic E-state index is 12.1. The van der Waals surface area contributed by atoms with E-state index in [4.69, 9.17) is 16.3 Å². The lowest BCUT2D eigenvalue weighted by molar-refractivity contribution is 0.411. The molecule has 3 aromatic rings. The van der Waals surface area contributed by atoms with Gasteiger partial charge in [0.25, 0.3) is 0 Å². The minimum Gasteiger partial charge on any atom is -0.494 e. The summed E-state index contributed by atoms with van der Waals surface area (Å²) < 4.78 is 33.5. The maximum atomic E-state index is 12.1. The lowest BCUT2D eigenvalue weighted by Crippen LogP contribution is -2.19. The van der Waals surface area contributed by atoms with Crippen molar-refractivity contribution in [2.75, 3.05) is 14.2 Å². The van der Waals surface area contributed by atoms with Gasteiger partial charge < -0.3 is 4.74 Å². The first kappa shape index (κ1) is 16.7. The number of halogens is 1. The highest BCUT2D eigenvalue weighted by Gasteiger charge is 2.18. The molecule has 0 aliphatic carbocycles. The summed E-state index contributed by atoms with van der Waals surface area (Å²) in [5.74, 6) is 0.488. The smallest absolute Gasteiger partial charge is 0.240 e. The van der Waals surface area contributed by atoms with Gasteiger partial charge in [0.15, 0.2) is 0 Å². The molecule has 0 atom stereocenters. The van der Waals surface area contributed by atoms with Crippen LogP contribution in [0.5, 0.6) is 5.75 Å². The van der Waals surface area contributed by atoms with Gasteiger partial charge in [0.1, 0.15) is 16.6 Å². The van der Waals surface area contributed by atoms with Gasteiger partial charge in [-0.05, 0) is 32.2 Å². The number of fused-ring (bicyclic) bond motifs is 1. The number of aryl methyl sites for hydroxylation is 1. The number of ether oxygens (including phenoxy) is 1. The molecule has 0 aliphatic heterocycles. The van der Waals surface area contributed by atoms with Gasteiger partial charge in [-0.1, -0.05) is 11.6 Å². The molecular weight excluding hydrogens is 352 g/mol. The molecule has 2 heterocycles. The minimum atomic E-state index is -3.59. The number of pyridine rings is 1. The second-order valence-electron chi connectivity index (χ2n) is 5.06. The Balaban J connectivity index is 2.33. The third kappa shape index (κ3) is 2.72. The lowest BCUT2D eigenvalue weighted by Gasteiger charge is -2.12. The average Bonchev–Trinajstić information content (AvgIpc) is 2.90. The minimum absolute atomic E-state index is 0.113. The molecule has 0 fully saturated rings. The largest absolute Gasteiger partial charge is 0.494 e. The molecule has 0 unspecified atom stereocenters. The number of benzene rings is 1. The number of sulfonamides is 1. The molecule has 0 aliphatic rings. The average molecular weight is 367 g/mol. The van der Waals surface area contributed by atoms with Crippen molar-refractivity contribution in [1.29, 1.82) is 0 Å². The van der Waals surface area contributed by atoms with Gasteiger partial charge in [-0.2, -0.15) is 5.10 Å². The van der Waals surface area contributed by atoms with E-state index in [9.17, 15) is 8.42 Å². The van der Waals surface area contributed by atoms with Gasteiger partial charge in [0.2, 0.25) is 10.0 Å². The van der Waals surface area contributed by atoms with Crippen LogP contribution in [0.2, 0.25) is 5.15 Å². The molecular formula is C15H15ClN4O3S. The van der Waals surface area contributed by atoms with E-state index in [0.29, 0.717) is 22.1 Å². The summed E-state index contributed by atoms with van der Waals surface area (Å²) in [5, 5.41) is 5.62. The molecule has 1 N–H and O–H groups in total. The predicted octanol–water partition coefficient (Wildman–Crippen LogP) is 2.30. The van der Waals surface area contributed by atoms with Crippen molar-refractivity contribution in [3.63, 3.8) is 0 Å². The Bertz CT molecular complexity index is 1030. The van der Waals surface area contributed by atoms with Crippen LogP contribution in [0.4, 0.5) is 0 Å². The van der Waals surface area contributed by atoms with Gasteiger partial charge in [0, 0.05) is 17.6 Å². The molecule has 2 aromatic heterocycles. The molecule has 0 saturated carbocycles. The third-order valence-electron chi connectivity index (χ3n) is 3.67. The Kier molecular flexibility index (Phi) is 4.20. The van der Waals surface area contributed by atoms with E-state index >= 15 is 0 Å². The van der Waals surface area contributed by atoms with Crippen LogP contribution in [0.3, 0.4) is 0 Å². The standard InChI is InChI=1S/C15H15ClN4O3S/c1-9-11-8-18-15(16)7-12(11)20(19-9)13-6-10(24(21,22)17-2)4-5-14(13)23-3/h4-8,17H,1-3H3. The monoisotopic (exact) mass is 366 g/mol. The van der Waals surface area contributed by atoms with Crippen molar-refractivity contribution in [2.24, 2.45) is 0 Å². The van der Waals surface area contributed by atoms with Gasteiger partial charge in [-0.3, -0.25) is 0 Å². The molecule has 0 bridgehead atoms. The van der Waals surface area contributed by atoms with Crippen LogP contribution in [0.15, 0.2) is 35.4 Å². The fourth-order valence-electron chi connectivity index (χ4n) is 2.44. The SMILES string of the molecule is CNS(=O)(=O)c1ccc(OC)c(-n2nc(C)c3cnc(Cl)cc32)c1. The molecule has 9 heteroatoms. The van der Waals surface area contributed by atoms with Crippen molar-refractivity contribution >= 4 is 32.5 Å². The Hall–Kier alpha value is -2.16. The Morgan fingerprint density at radius 3 is 2.71 bits per heavy atom.